The molecule has 0 heterocycles. The Labute approximate surface area is 112 Å². The molecule has 0 bridgehead atoms. The third kappa shape index (κ3) is 3.58. The van der Waals surface area contributed by atoms with E-state index < -0.39 is 0 Å². The Morgan fingerprint density at radius 2 is 1.74 bits per heavy atom. The average Bonchev–Trinajstić information content (AvgIpc) is 2.42. The molecule has 19 heavy (non-hydrogen) atoms. The molecule has 0 aliphatic carbocycles. The molecule has 2 aromatic rings. The van der Waals surface area contributed by atoms with Crippen molar-refractivity contribution in [1.29, 1.82) is 0 Å². The number of carbonyl (C=O) groups is 1. The zero-order valence-corrected chi connectivity index (χ0v) is 10.8. The Bertz CT molecular complexity index is 552. The van der Waals surface area contributed by atoms with E-state index in [0.29, 0.717) is 12.1 Å². The summed E-state index contributed by atoms with van der Waals surface area (Å²) in [5, 5.41) is 12.3. The van der Waals surface area contributed by atoms with E-state index in [9.17, 15) is 9.90 Å². The first kappa shape index (κ1) is 13.1. The largest absolute Gasteiger partial charge is 0.506 e. The molecule has 3 heteroatoms. The number of phenols is 1. The smallest absolute Gasteiger partial charge is 0.225 e. The quantitative estimate of drug-likeness (QED) is 0.821. The molecule has 0 spiro atoms. The fraction of sp³-hybridized carbons (Fsp3) is 0.188. The van der Waals surface area contributed by atoms with Crippen molar-refractivity contribution >= 4 is 11.6 Å². The molecular weight excluding hydrogens is 238 g/mol. The predicted octanol–water partition coefficient (Wildman–Crippen LogP) is 3.52. The van der Waals surface area contributed by atoms with E-state index in [4.69, 9.17) is 0 Å². The Kier molecular flexibility index (Phi) is 4.18. The molecule has 1 amide bonds. The van der Waals surface area contributed by atoms with Gasteiger partial charge in [-0.3, -0.25) is 4.79 Å². The van der Waals surface area contributed by atoms with Crippen LogP contribution in [0.1, 0.15) is 24.8 Å². The molecule has 0 aliphatic rings. The van der Waals surface area contributed by atoms with Crippen molar-refractivity contribution in [2.75, 3.05) is 5.32 Å². The fourth-order valence-corrected chi connectivity index (χ4v) is 1.96. The highest BCUT2D eigenvalue weighted by Gasteiger charge is 2.12. The van der Waals surface area contributed by atoms with Crippen molar-refractivity contribution in [3.8, 4) is 5.75 Å². The summed E-state index contributed by atoms with van der Waals surface area (Å²) in [5.41, 5.74) is 1.59. The summed E-state index contributed by atoms with van der Waals surface area (Å²) in [6.07, 6.45) is 0.387. The van der Waals surface area contributed by atoms with E-state index in [1.165, 1.54) is 0 Å². The molecule has 2 N–H and O–H groups in total. The van der Waals surface area contributed by atoms with Crippen molar-refractivity contribution in [2.45, 2.75) is 19.3 Å². The van der Waals surface area contributed by atoms with Gasteiger partial charge in [0, 0.05) is 6.42 Å². The van der Waals surface area contributed by atoms with Gasteiger partial charge in [0.15, 0.2) is 0 Å². The van der Waals surface area contributed by atoms with E-state index in [1.54, 1.807) is 24.3 Å². The summed E-state index contributed by atoms with van der Waals surface area (Å²) in [7, 11) is 0. The molecule has 98 valence electrons. The van der Waals surface area contributed by atoms with Gasteiger partial charge in [-0.05, 0) is 23.6 Å². The zero-order chi connectivity index (χ0) is 13.7. The van der Waals surface area contributed by atoms with E-state index >= 15 is 0 Å². The molecule has 2 aromatic carbocycles. The summed E-state index contributed by atoms with van der Waals surface area (Å²) in [6, 6.07) is 16.6. The van der Waals surface area contributed by atoms with Crippen molar-refractivity contribution in [1.82, 2.24) is 0 Å². The minimum atomic E-state index is -0.0992. The Morgan fingerprint density at radius 1 is 1.11 bits per heavy atom. The zero-order valence-electron chi connectivity index (χ0n) is 10.8. The first-order valence-corrected chi connectivity index (χ1v) is 6.29. The van der Waals surface area contributed by atoms with Gasteiger partial charge in [0.05, 0.1) is 5.69 Å². The molecule has 2 rings (SSSR count). The van der Waals surface area contributed by atoms with Crippen molar-refractivity contribution in [3.63, 3.8) is 0 Å². The first-order chi connectivity index (χ1) is 9.16. The van der Waals surface area contributed by atoms with Crippen LogP contribution in [0.25, 0.3) is 0 Å². The highest BCUT2D eigenvalue weighted by atomic mass is 16.3. The topological polar surface area (TPSA) is 49.3 Å². The standard InChI is InChI=1S/C16H17NO2/c1-12(13-7-3-2-4-8-13)11-16(19)17-14-9-5-6-10-15(14)18/h2-10,12,18H,11H2,1H3,(H,17,19)/t12-/m0/s1. The van der Waals surface area contributed by atoms with Crippen LogP contribution in [0, 0.1) is 0 Å². The molecule has 0 saturated heterocycles. The van der Waals surface area contributed by atoms with E-state index in [1.807, 2.05) is 37.3 Å². The highest BCUT2D eigenvalue weighted by molar-refractivity contribution is 5.92. The summed E-state index contributed by atoms with van der Waals surface area (Å²) in [5.74, 6) is 0.133. The lowest BCUT2D eigenvalue weighted by Gasteiger charge is -2.12. The molecule has 0 saturated carbocycles. The van der Waals surface area contributed by atoms with Crippen LogP contribution < -0.4 is 5.32 Å². The van der Waals surface area contributed by atoms with Gasteiger partial charge in [-0.15, -0.1) is 0 Å². The number of amides is 1. The van der Waals surface area contributed by atoms with Crippen LogP contribution >= 0.6 is 0 Å². The van der Waals surface area contributed by atoms with E-state index in [2.05, 4.69) is 5.32 Å². The lowest BCUT2D eigenvalue weighted by Crippen LogP contribution is -2.14. The van der Waals surface area contributed by atoms with Crippen LogP contribution in [0.15, 0.2) is 54.6 Å². The van der Waals surface area contributed by atoms with Gasteiger partial charge in [0.25, 0.3) is 0 Å². The van der Waals surface area contributed by atoms with Crippen LogP contribution in [0.2, 0.25) is 0 Å². The number of phenolic OH excluding ortho intramolecular Hbond substituents is 1. The number of carbonyl (C=O) groups excluding carboxylic acids is 1. The Hall–Kier alpha value is -2.29. The summed E-state index contributed by atoms with van der Waals surface area (Å²) in [6.45, 7) is 2.01. The number of rotatable bonds is 4. The molecule has 0 unspecified atom stereocenters. The van der Waals surface area contributed by atoms with Crippen molar-refractivity contribution in [3.05, 3.63) is 60.2 Å². The normalized spacial score (nSPS) is 11.8. The third-order valence-corrected chi connectivity index (χ3v) is 3.04. The minimum Gasteiger partial charge on any atom is -0.506 e. The summed E-state index contributed by atoms with van der Waals surface area (Å²) >= 11 is 0. The van der Waals surface area contributed by atoms with Crippen LogP contribution in [-0.2, 0) is 4.79 Å². The van der Waals surface area contributed by atoms with Gasteiger partial charge >= 0.3 is 0 Å². The van der Waals surface area contributed by atoms with Gasteiger partial charge in [-0.2, -0.15) is 0 Å². The summed E-state index contributed by atoms with van der Waals surface area (Å²) < 4.78 is 0. The number of aromatic hydroxyl groups is 1. The van der Waals surface area contributed by atoms with Gasteiger partial charge in [0.2, 0.25) is 5.91 Å². The van der Waals surface area contributed by atoms with Crippen LogP contribution in [0.5, 0.6) is 5.75 Å². The number of para-hydroxylation sites is 2. The SMILES string of the molecule is C[C@@H](CC(=O)Nc1ccccc1O)c1ccccc1. The molecule has 0 fully saturated rings. The lowest BCUT2D eigenvalue weighted by molar-refractivity contribution is -0.116. The molecular formula is C16H17NO2. The maximum absolute atomic E-state index is 11.9. The average molecular weight is 255 g/mol. The fourth-order valence-electron chi connectivity index (χ4n) is 1.96. The number of nitrogens with one attached hydrogen (secondary N) is 1. The minimum absolute atomic E-state index is 0.0863. The Morgan fingerprint density at radius 3 is 2.42 bits per heavy atom. The molecule has 0 aromatic heterocycles. The van der Waals surface area contributed by atoms with E-state index in [-0.39, 0.29) is 17.6 Å². The van der Waals surface area contributed by atoms with Gasteiger partial charge in [-0.25, -0.2) is 0 Å². The number of anilines is 1. The van der Waals surface area contributed by atoms with Crippen molar-refractivity contribution in [2.24, 2.45) is 0 Å². The third-order valence-electron chi connectivity index (χ3n) is 3.04. The van der Waals surface area contributed by atoms with Crippen molar-refractivity contribution < 1.29 is 9.90 Å². The molecule has 0 aliphatic heterocycles. The van der Waals surface area contributed by atoms with Gasteiger partial charge in [0.1, 0.15) is 5.75 Å². The first-order valence-electron chi connectivity index (χ1n) is 6.29. The molecule has 3 nitrogen and oxygen atoms in total. The number of hydrogen-bond acceptors (Lipinski definition) is 2. The number of benzene rings is 2. The second-order valence-electron chi connectivity index (χ2n) is 4.58. The molecule has 0 radical (unpaired) electrons. The van der Waals surface area contributed by atoms with E-state index in [0.717, 1.165) is 5.56 Å². The van der Waals surface area contributed by atoms with Crippen LogP contribution in [-0.4, -0.2) is 11.0 Å². The highest BCUT2D eigenvalue weighted by Crippen LogP contribution is 2.23. The van der Waals surface area contributed by atoms with Gasteiger partial charge in [-0.1, -0.05) is 49.4 Å². The van der Waals surface area contributed by atoms with Gasteiger partial charge < -0.3 is 10.4 Å². The Balaban J connectivity index is 1.97. The summed E-state index contributed by atoms with van der Waals surface area (Å²) in [4.78, 5) is 11.9. The maximum atomic E-state index is 11.9. The maximum Gasteiger partial charge on any atom is 0.225 e. The monoisotopic (exact) mass is 255 g/mol. The lowest BCUT2D eigenvalue weighted by atomic mass is 9.97. The van der Waals surface area contributed by atoms with Crippen LogP contribution in [0.3, 0.4) is 0 Å². The second-order valence-corrected chi connectivity index (χ2v) is 4.58. The predicted molar refractivity (Wildman–Crippen MR) is 76.2 cm³/mol. The van der Waals surface area contributed by atoms with Crippen LogP contribution in [0.4, 0.5) is 5.69 Å². The molecule has 1 atom stereocenters. The number of hydrogen-bond donors (Lipinski definition) is 2. The second kappa shape index (κ2) is 6.05.